The molecule has 0 radical (unpaired) electrons. The van der Waals surface area contributed by atoms with Crippen LogP contribution in [0.2, 0.25) is 0 Å². The van der Waals surface area contributed by atoms with Crippen molar-refractivity contribution >= 4 is 11.8 Å². The number of likely N-dealkylation sites (tertiary alicyclic amines) is 1. The molecule has 0 aliphatic carbocycles. The predicted octanol–water partition coefficient (Wildman–Crippen LogP) is 2.26. The number of ether oxygens (including phenoxy) is 1. The van der Waals surface area contributed by atoms with Gasteiger partial charge in [0.25, 0.3) is 5.91 Å². The van der Waals surface area contributed by atoms with E-state index in [0.29, 0.717) is 25.4 Å². The lowest BCUT2D eigenvalue weighted by molar-refractivity contribution is -0.140. The van der Waals surface area contributed by atoms with Crippen LogP contribution >= 0.6 is 0 Å². The fourth-order valence-electron chi connectivity index (χ4n) is 4.07. The molecule has 1 aromatic carbocycles. The highest BCUT2D eigenvalue weighted by Gasteiger charge is 2.30. The quantitative estimate of drug-likeness (QED) is 0.753. The number of benzene rings is 1. The zero-order valence-corrected chi connectivity index (χ0v) is 17.1. The molecular weight excluding hydrogens is 354 g/mol. The van der Waals surface area contributed by atoms with Crippen molar-refractivity contribution in [2.45, 2.75) is 58.1 Å². The average molecular weight is 388 g/mol. The van der Waals surface area contributed by atoms with Gasteiger partial charge in [-0.1, -0.05) is 19.1 Å². The van der Waals surface area contributed by atoms with E-state index in [0.717, 1.165) is 50.1 Å². The molecule has 2 heterocycles. The van der Waals surface area contributed by atoms with E-state index >= 15 is 0 Å². The molecule has 6 nitrogen and oxygen atoms in total. The average Bonchev–Trinajstić information content (AvgIpc) is 3.25. The molecule has 1 aromatic rings. The summed E-state index contributed by atoms with van der Waals surface area (Å²) in [5.41, 5.74) is 1.12. The van der Waals surface area contributed by atoms with Crippen molar-refractivity contribution in [1.82, 2.24) is 15.5 Å². The molecule has 2 aliphatic heterocycles. The van der Waals surface area contributed by atoms with Crippen LogP contribution in [0.15, 0.2) is 24.3 Å². The van der Waals surface area contributed by atoms with Gasteiger partial charge in [-0.15, -0.1) is 0 Å². The first-order chi connectivity index (χ1) is 13.6. The van der Waals surface area contributed by atoms with Crippen molar-refractivity contribution in [2.24, 2.45) is 5.92 Å². The SMILES string of the molecule is CCC(Oc1cccc(C)c1)C(=O)N1CCCC(CNC(=O)C2CCCN2)C1. The summed E-state index contributed by atoms with van der Waals surface area (Å²) in [4.78, 5) is 27.1. The van der Waals surface area contributed by atoms with Gasteiger partial charge >= 0.3 is 0 Å². The monoisotopic (exact) mass is 387 g/mol. The van der Waals surface area contributed by atoms with E-state index < -0.39 is 6.10 Å². The smallest absolute Gasteiger partial charge is 0.263 e. The molecule has 2 saturated heterocycles. The van der Waals surface area contributed by atoms with Crippen LogP contribution in [0, 0.1) is 12.8 Å². The number of amides is 2. The van der Waals surface area contributed by atoms with Crippen LogP contribution in [0.5, 0.6) is 5.75 Å². The number of piperidine rings is 1. The second kappa shape index (κ2) is 9.92. The molecule has 2 N–H and O–H groups in total. The third-order valence-corrected chi connectivity index (χ3v) is 5.69. The minimum atomic E-state index is -0.460. The van der Waals surface area contributed by atoms with Crippen molar-refractivity contribution in [2.75, 3.05) is 26.2 Å². The molecule has 3 unspecified atom stereocenters. The minimum Gasteiger partial charge on any atom is -0.481 e. The maximum Gasteiger partial charge on any atom is 0.263 e. The predicted molar refractivity (Wildman–Crippen MR) is 109 cm³/mol. The first kappa shape index (κ1) is 20.6. The zero-order valence-electron chi connectivity index (χ0n) is 17.1. The Morgan fingerprint density at radius 3 is 2.89 bits per heavy atom. The van der Waals surface area contributed by atoms with E-state index in [2.05, 4.69) is 10.6 Å². The summed E-state index contributed by atoms with van der Waals surface area (Å²) < 4.78 is 5.99. The standard InChI is InChI=1S/C22H33N3O3/c1-3-20(28-18-9-4-7-16(2)13-18)22(27)25-12-6-8-17(15-25)14-24-21(26)19-10-5-11-23-19/h4,7,9,13,17,19-20,23H,3,5-6,8,10-12,14-15H2,1-2H3,(H,24,26). The molecule has 6 heteroatoms. The first-order valence-electron chi connectivity index (χ1n) is 10.6. The molecule has 2 amide bonds. The first-order valence-corrected chi connectivity index (χ1v) is 10.6. The molecule has 0 aromatic heterocycles. The number of carbonyl (C=O) groups excluding carboxylic acids is 2. The highest BCUT2D eigenvalue weighted by molar-refractivity contribution is 5.82. The van der Waals surface area contributed by atoms with Gasteiger partial charge in [-0.25, -0.2) is 0 Å². The van der Waals surface area contributed by atoms with Gasteiger partial charge in [-0.05, 0) is 69.2 Å². The van der Waals surface area contributed by atoms with Gasteiger partial charge in [0.05, 0.1) is 6.04 Å². The molecule has 28 heavy (non-hydrogen) atoms. The summed E-state index contributed by atoms with van der Waals surface area (Å²) in [5.74, 6) is 1.19. The second-order valence-corrected chi connectivity index (χ2v) is 8.02. The minimum absolute atomic E-state index is 0.0477. The largest absolute Gasteiger partial charge is 0.481 e. The van der Waals surface area contributed by atoms with Gasteiger partial charge in [0.2, 0.25) is 5.91 Å². The number of aryl methyl sites for hydroxylation is 1. The summed E-state index contributed by atoms with van der Waals surface area (Å²) in [6.45, 7) is 7.00. The molecule has 0 spiro atoms. The van der Waals surface area contributed by atoms with E-state index in [9.17, 15) is 9.59 Å². The van der Waals surface area contributed by atoms with E-state index in [1.165, 1.54) is 0 Å². The zero-order chi connectivity index (χ0) is 19.9. The third kappa shape index (κ3) is 5.47. The molecular formula is C22H33N3O3. The van der Waals surface area contributed by atoms with Crippen molar-refractivity contribution in [1.29, 1.82) is 0 Å². The Labute approximate surface area is 168 Å². The normalized spacial score (nSPS) is 23.3. The molecule has 0 bridgehead atoms. The number of nitrogens with one attached hydrogen (secondary N) is 2. The fraction of sp³-hybridized carbons (Fsp3) is 0.636. The van der Waals surface area contributed by atoms with E-state index in [1.807, 2.05) is 43.0 Å². The van der Waals surface area contributed by atoms with E-state index in [-0.39, 0.29) is 17.9 Å². The van der Waals surface area contributed by atoms with E-state index in [1.54, 1.807) is 0 Å². The van der Waals surface area contributed by atoms with Crippen LogP contribution < -0.4 is 15.4 Å². The number of carbonyl (C=O) groups is 2. The molecule has 3 atom stereocenters. The molecule has 0 saturated carbocycles. The van der Waals surface area contributed by atoms with Gasteiger partial charge in [0.1, 0.15) is 5.75 Å². The van der Waals surface area contributed by atoms with E-state index in [4.69, 9.17) is 4.74 Å². The maximum absolute atomic E-state index is 13.0. The summed E-state index contributed by atoms with van der Waals surface area (Å²) in [6, 6.07) is 7.77. The van der Waals surface area contributed by atoms with Crippen molar-refractivity contribution < 1.29 is 14.3 Å². The van der Waals surface area contributed by atoms with Crippen molar-refractivity contribution in [3.8, 4) is 5.75 Å². The Morgan fingerprint density at radius 1 is 1.32 bits per heavy atom. The van der Waals surface area contributed by atoms with Crippen molar-refractivity contribution in [3.63, 3.8) is 0 Å². The van der Waals surface area contributed by atoms with Crippen LogP contribution in [0.3, 0.4) is 0 Å². The lowest BCUT2D eigenvalue weighted by Gasteiger charge is -2.35. The highest BCUT2D eigenvalue weighted by Crippen LogP contribution is 2.20. The second-order valence-electron chi connectivity index (χ2n) is 8.02. The van der Waals surface area contributed by atoms with Gasteiger partial charge in [0, 0.05) is 19.6 Å². The maximum atomic E-state index is 13.0. The van der Waals surface area contributed by atoms with Crippen LogP contribution in [0.25, 0.3) is 0 Å². The Kier molecular flexibility index (Phi) is 7.31. The lowest BCUT2D eigenvalue weighted by atomic mass is 9.97. The number of rotatable bonds is 7. The fourth-order valence-corrected chi connectivity index (χ4v) is 4.07. The Hall–Kier alpha value is -2.08. The number of nitrogens with zero attached hydrogens (tertiary/aromatic N) is 1. The van der Waals surface area contributed by atoms with Crippen LogP contribution in [-0.4, -0.2) is 55.0 Å². The number of hydrogen-bond donors (Lipinski definition) is 2. The molecule has 3 rings (SSSR count). The number of hydrogen-bond acceptors (Lipinski definition) is 4. The van der Waals surface area contributed by atoms with Crippen molar-refractivity contribution in [3.05, 3.63) is 29.8 Å². The van der Waals surface area contributed by atoms with Gasteiger partial charge in [0.15, 0.2) is 6.10 Å². The van der Waals surface area contributed by atoms with Gasteiger partial charge in [-0.2, -0.15) is 0 Å². The van der Waals surface area contributed by atoms with Gasteiger partial charge < -0.3 is 20.3 Å². The topological polar surface area (TPSA) is 70.7 Å². The Morgan fingerprint density at radius 2 is 2.18 bits per heavy atom. The summed E-state index contributed by atoms with van der Waals surface area (Å²) >= 11 is 0. The third-order valence-electron chi connectivity index (χ3n) is 5.69. The molecule has 2 fully saturated rings. The highest BCUT2D eigenvalue weighted by atomic mass is 16.5. The van der Waals surface area contributed by atoms with Crippen LogP contribution in [0.4, 0.5) is 0 Å². The Balaban J connectivity index is 1.51. The summed E-state index contributed by atoms with van der Waals surface area (Å²) in [6.07, 6.45) is 4.15. The summed E-state index contributed by atoms with van der Waals surface area (Å²) in [5, 5.41) is 6.30. The van der Waals surface area contributed by atoms with Crippen LogP contribution in [0.1, 0.15) is 44.6 Å². The van der Waals surface area contributed by atoms with Crippen LogP contribution in [-0.2, 0) is 9.59 Å². The molecule has 2 aliphatic rings. The van der Waals surface area contributed by atoms with Gasteiger partial charge in [-0.3, -0.25) is 9.59 Å². The lowest BCUT2D eigenvalue weighted by Crippen LogP contribution is -2.49. The Bertz CT molecular complexity index is 673. The summed E-state index contributed by atoms with van der Waals surface area (Å²) in [7, 11) is 0. The molecule has 154 valence electrons.